The molecule has 1 aromatic heterocycles. The number of fused-ring (bicyclic) bond motifs is 1. The molecule has 1 atom stereocenters. The van der Waals surface area contributed by atoms with Crippen LogP contribution >= 0.6 is 0 Å². The first-order valence-electron chi connectivity index (χ1n) is 8.12. The van der Waals surface area contributed by atoms with Crippen LogP contribution in [0.5, 0.6) is 0 Å². The number of aromatic nitrogens is 2. The maximum Gasteiger partial charge on any atom is 0.0700 e. The van der Waals surface area contributed by atoms with Crippen molar-refractivity contribution < 1.29 is 0 Å². The van der Waals surface area contributed by atoms with E-state index < -0.39 is 0 Å². The molecule has 3 rings (SSSR count). The highest BCUT2D eigenvalue weighted by Gasteiger charge is 2.22. The van der Waals surface area contributed by atoms with Crippen LogP contribution in [0.25, 0.3) is 11.1 Å². The first kappa shape index (κ1) is 14.3. The van der Waals surface area contributed by atoms with E-state index in [1.165, 1.54) is 47.2 Å². The van der Waals surface area contributed by atoms with Crippen LogP contribution in [-0.2, 0) is 19.9 Å². The van der Waals surface area contributed by atoms with Crippen molar-refractivity contribution >= 4 is 0 Å². The van der Waals surface area contributed by atoms with Gasteiger partial charge in [0.1, 0.15) is 0 Å². The second-order valence-corrected chi connectivity index (χ2v) is 5.98. The van der Waals surface area contributed by atoms with Gasteiger partial charge in [0.15, 0.2) is 0 Å². The van der Waals surface area contributed by atoms with Gasteiger partial charge in [0.05, 0.1) is 5.69 Å². The van der Waals surface area contributed by atoms with Crippen molar-refractivity contribution in [2.75, 3.05) is 6.54 Å². The summed E-state index contributed by atoms with van der Waals surface area (Å²) in [4.78, 5) is 0. The molecule has 21 heavy (non-hydrogen) atoms. The fourth-order valence-electron chi connectivity index (χ4n) is 3.35. The molecule has 0 bridgehead atoms. The first-order valence-corrected chi connectivity index (χ1v) is 8.12. The molecular weight excluding hydrogens is 258 g/mol. The molecule has 2 aromatic rings. The summed E-state index contributed by atoms with van der Waals surface area (Å²) in [6.07, 6.45) is 6.73. The van der Waals surface area contributed by atoms with E-state index >= 15 is 0 Å². The van der Waals surface area contributed by atoms with Gasteiger partial charge in [-0.25, -0.2) is 0 Å². The van der Waals surface area contributed by atoms with Crippen molar-refractivity contribution in [3.05, 3.63) is 41.2 Å². The van der Waals surface area contributed by atoms with Gasteiger partial charge in [-0.3, -0.25) is 4.68 Å². The van der Waals surface area contributed by atoms with Crippen molar-refractivity contribution in [3.63, 3.8) is 0 Å². The van der Waals surface area contributed by atoms with Gasteiger partial charge in [0.2, 0.25) is 0 Å². The number of rotatable bonds is 5. The third-order valence-corrected chi connectivity index (χ3v) is 4.41. The number of aryl methyl sites for hydroxylation is 3. The number of benzene rings is 1. The zero-order valence-corrected chi connectivity index (χ0v) is 13.3. The monoisotopic (exact) mass is 283 g/mol. The van der Waals surface area contributed by atoms with Crippen molar-refractivity contribution in [1.82, 2.24) is 15.1 Å². The Morgan fingerprint density at radius 1 is 1.33 bits per heavy atom. The lowest BCUT2D eigenvalue weighted by Gasteiger charge is -2.13. The van der Waals surface area contributed by atoms with Gasteiger partial charge < -0.3 is 5.32 Å². The van der Waals surface area contributed by atoms with Crippen LogP contribution in [0.4, 0.5) is 0 Å². The number of nitrogens with zero attached hydrogens (tertiary/aromatic N) is 2. The molecule has 0 amide bonds. The van der Waals surface area contributed by atoms with Crippen molar-refractivity contribution in [1.29, 1.82) is 0 Å². The molecule has 112 valence electrons. The van der Waals surface area contributed by atoms with Gasteiger partial charge in [-0.15, -0.1) is 0 Å². The van der Waals surface area contributed by atoms with Crippen molar-refractivity contribution in [2.45, 2.75) is 45.6 Å². The standard InChI is InChI=1S/C18H25N3/c1-4-10-19-18-9-7-13-11-14(6-8-15(13)18)16-12-21(3)20-17(16)5-2/h6,8,11-12,18-19H,4-5,7,9-10H2,1-3H3. The summed E-state index contributed by atoms with van der Waals surface area (Å²) in [5.74, 6) is 0. The van der Waals surface area contributed by atoms with Gasteiger partial charge >= 0.3 is 0 Å². The van der Waals surface area contributed by atoms with E-state index in [9.17, 15) is 0 Å². The first-order chi connectivity index (χ1) is 10.2. The van der Waals surface area contributed by atoms with E-state index in [4.69, 9.17) is 0 Å². The Kier molecular flexibility index (Phi) is 4.11. The molecule has 1 aromatic carbocycles. The second-order valence-electron chi connectivity index (χ2n) is 5.98. The molecule has 1 unspecified atom stereocenters. The minimum Gasteiger partial charge on any atom is -0.310 e. The fourth-order valence-corrected chi connectivity index (χ4v) is 3.35. The van der Waals surface area contributed by atoms with Crippen molar-refractivity contribution in [3.8, 4) is 11.1 Å². The molecule has 1 N–H and O–H groups in total. The van der Waals surface area contributed by atoms with Crippen LogP contribution in [0.2, 0.25) is 0 Å². The average Bonchev–Trinajstić information content (AvgIpc) is 3.07. The van der Waals surface area contributed by atoms with Crippen LogP contribution in [-0.4, -0.2) is 16.3 Å². The molecule has 0 aliphatic heterocycles. The lowest BCUT2D eigenvalue weighted by atomic mass is 9.99. The highest BCUT2D eigenvalue weighted by atomic mass is 15.2. The van der Waals surface area contributed by atoms with Gasteiger partial charge in [0, 0.05) is 24.8 Å². The topological polar surface area (TPSA) is 29.9 Å². The smallest absolute Gasteiger partial charge is 0.0700 e. The van der Waals surface area contributed by atoms with Crippen LogP contribution in [0, 0.1) is 0 Å². The van der Waals surface area contributed by atoms with Gasteiger partial charge in [-0.1, -0.05) is 32.0 Å². The number of nitrogens with one attached hydrogen (secondary N) is 1. The van der Waals surface area contributed by atoms with E-state index in [1.807, 2.05) is 11.7 Å². The highest BCUT2D eigenvalue weighted by Crippen LogP contribution is 2.35. The molecule has 1 heterocycles. The molecule has 0 saturated carbocycles. The number of hydrogen-bond acceptors (Lipinski definition) is 2. The Bertz CT molecular complexity index is 627. The summed E-state index contributed by atoms with van der Waals surface area (Å²) >= 11 is 0. The maximum absolute atomic E-state index is 4.56. The zero-order chi connectivity index (χ0) is 14.8. The maximum atomic E-state index is 4.56. The van der Waals surface area contributed by atoms with Gasteiger partial charge in [0.25, 0.3) is 0 Å². The highest BCUT2D eigenvalue weighted by molar-refractivity contribution is 5.67. The van der Waals surface area contributed by atoms with E-state index in [1.54, 1.807) is 0 Å². The minimum atomic E-state index is 0.550. The molecule has 0 saturated heterocycles. The minimum absolute atomic E-state index is 0.550. The summed E-state index contributed by atoms with van der Waals surface area (Å²) in [6.45, 7) is 5.50. The predicted molar refractivity (Wildman–Crippen MR) is 87.4 cm³/mol. The lowest BCUT2D eigenvalue weighted by Crippen LogP contribution is -2.19. The zero-order valence-electron chi connectivity index (χ0n) is 13.3. The van der Waals surface area contributed by atoms with E-state index in [2.05, 4.69) is 48.7 Å². The molecule has 1 aliphatic carbocycles. The Labute approximate surface area is 127 Å². The van der Waals surface area contributed by atoms with Gasteiger partial charge in [-0.05, 0) is 48.9 Å². The van der Waals surface area contributed by atoms with Crippen LogP contribution < -0.4 is 5.32 Å². The third-order valence-electron chi connectivity index (χ3n) is 4.41. The molecule has 0 fully saturated rings. The summed E-state index contributed by atoms with van der Waals surface area (Å²) < 4.78 is 1.92. The Hall–Kier alpha value is -1.61. The largest absolute Gasteiger partial charge is 0.310 e. The molecule has 3 heteroatoms. The predicted octanol–water partition coefficient (Wildman–Crippen LogP) is 3.64. The summed E-state index contributed by atoms with van der Waals surface area (Å²) in [7, 11) is 2.00. The Morgan fingerprint density at radius 3 is 2.95 bits per heavy atom. The van der Waals surface area contributed by atoms with Crippen molar-refractivity contribution in [2.24, 2.45) is 7.05 Å². The van der Waals surface area contributed by atoms with E-state index in [0.717, 1.165) is 13.0 Å². The summed E-state index contributed by atoms with van der Waals surface area (Å²) in [5, 5.41) is 8.22. The lowest BCUT2D eigenvalue weighted by molar-refractivity contribution is 0.529. The van der Waals surface area contributed by atoms with Crippen LogP contribution in [0.1, 0.15) is 49.6 Å². The molecule has 3 nitrogen and oxygen atoms in total. The fraction of sp³-hybridized carbons (Fsp3) is 0.500. The average molecular weight is 283 g/mol. The van der Waals surface area contributed by atoms with E-state index in [0.29, 0.717) is 6.04 Å². The Morgan fingerprint density at radius 2 is 2.19 bits per heavy atom. The van der Waals surface area contributed by atoms with Gasteiger partial charge in [-0.2, -0.15) is 5.10 Å². The normalized spacial score (nSPS) is 17.2. The Balaban J connectivity index is 1.90. The second kappa shape index (κ2) is 6.02. The SMILES string of the molecule is CCCNC1CCc2cc(-c3cn(C)nc3CC)ccc21. The molecule has 0 spiro atoms. The molecular formula is C18H25N3. The van der Waals surface area contributed by atoms with Crippen LogP contribution in [0.15, 0.2) is 24.4 Å². The summed E-state index contributed by atoms with van der Waals surface area (Å²) in [5.41, 5.74) is 6.79. The molecule has 1 aliphatic rings. The summed E-state index contributed by atoms with van der Waals surface area (Å²) in [6, 6.07) is 7.51. The van der Waals surface area contributed by atoms with Crippen LogP contribution in [0.3, 0.4) is 0 Å². The quantitative estimate of drug-likeness (QED) is 0.908. The third kappa shape index (κ3) is 2.75. The number of hydrogen-bond donors (Lipinski definition) is 1. The van der Waals surface area contributed by atoms with E-state index in [-0.39, 0.29) is 0 Å². The molecule has 0 radical (unpaired) electrons.